The third-order valence-corrected chi connectivity index (χ3v) is 10.3. The smallest absolute Gasteiger partial charge is 0.319 e. The molecule has 214 valence electrons. The summed E-state index contributed by atoms with van der Waals surface area (Å²) in [6.07, 6.45) is 3.44. The van der Waals surface area contributed by atoms with Crippen molar-refractivity contribution in [3.63, 3.8) is 0 Å². The predicted molar refractivity (Wildman–Crippen MR) is 153 cm³/mol. The predicted octanol–water partition coefficient (Wildman–Crippen LogP) is 4.66. The van der Waals surface area contributed by atoms with Crippen molar-refractivity contribution in [1.82, 2.24) is 25.2 Å². The molecule has 4 aromatic rings. The number of nitrogens with zero attached hydrogens (tertiary/aromatic N) is 5. The number of aromatic nitrogens is 3. The second-order valence-electron chi connectivity index (χ2n) is 11.8. The zero-order valence-corrected chi connectivity index (χ0v) is 23.2. The molecule has 0 unspecified atom stereocenters. The van der Waals surface area contributed by atoms with Crippen molar-refractivity contribution in [1.29, 1.82) is 0 Å². The van der Waals surface area contributed by atoms with E-state index in [0.29, 0.717) is 35.2 Å². The normalized spacial score (nSPS) is 27.8. The number of benzene rings is 2. The van der Waals surface area contributed by atoms with Crippen LogP contribution in [0.2, 0.25) is 0 Å². The van der Waals surface area contributed by atoms with Gasteiger partial charge in [0.15, 0.2) is 10.9 Å². The zero-order valence-electron chi connectivity index (χ0n) is 22.4. The summed E-state index contributed by atoms with van der Waals surface area (Å²) in [5.74, 6) is -0.345. The molecule has 2 aromatic heterocycles. The summed E-state index contributed by atoms with van der Waals surface area (Å²) in [4.78, 5) is 18.2. The first-order chi connectivity index (χ1) is 19.9. The molecule has 4 atom stereocenters. The van der Waals surface area contributed by atoms with Gasteiger partial charge < -0.3 is 20.7 Å². The molecular formula is C29H30F3N7OS. The molecule has 6 heterocycles. The molecule has 3 N–H and O–H groups in total. The van der Waals surface area contributed by atoms with Gasteiger partial charge in [0.05, 0.1) is 15.8 Å². The van der Waals surface area contributed by atoms with Crippen LogP contribution in [0.4, 0.5) is 24.1 Å². The monoisotopic (exact) mass is 581 g/mol. The first-order valence-electron chi connectivity index (χ1n) is 14.3. The van der Waals surface area contributed by atoms with Crippen LogP contribution in [0.15, 0.2) is 24.3 Å². The SMILES string of the molecule is Nc1nc2c(-c3ccc4c(N5[C@@H]6CC[C@H]5CNC6)nc(OC[C@@]56CCCN5C[C@H](F)C6)nc4c3F)ccc(F)c2s1. The van der Waals surface area contributed by atoms with Crippen LogP contribution in [0.1, 0.15) is 32.1 Å². The minimum atomic E-state index is -0.879. The minimum absolute atomic E-state index is 0.0900. The van der Waals surface area contributed by atoms with Gasteiger partial charge in [0.2, 0.25) is 0 Å². The molecule has 8 nitrogen and oxygen atoms in total. The highest BCUT2D eigenvalue weighted by atomic mass is 32.1. The van der Waals surface area contributed by atoms with Gasteiger partial charge in [-0.05, 0) is 50.4 Å². The molecule has 4 aliphatic heterocycles. The molecule has 0 aliphatic carbocycles. The standard InChI is InChI=1S/C29H30F3N7OS/c30-15-10-29(8-1-9-38(29)13-15)14-40-28-36-23-20(26(37-28)39-16-2-3-17(39)12-34-11-16)5-4-18(22(23)32)19-6-7-21(31)25-24(19)35-27(33)41-25/h4-7,15-17,34H,1-3,8-14H2,(H2,33,35)/t15-,16-,17+,29+/m1/s1. The van der Waals surface area contributed by atoms with Gasteiger partial charge in [0.25, 0.3) is 0 Å². The molecule has 0 radical (unpaired) electrons. The molecule has 0 amide bonds. The number of halogens is 3. The lowest BCUT2D eigenvalue weighted by Gasteiger charge is -2.37. The van der Waals surface area contributed by atoms with Gasteiger partial charge in [-0.25, -0.2) is 18.2 Å². The van der Waals surface area contributed by atoms with Crippen molar-refractivity contribution in [3.05, 3.63) is 35.9 Å². The van der Waals surface area contributed by atoms with Crippen LogP contribution in [-0.2, 0) is 0 Å². The quantitative estimate of drug-likeness (QED) is 0.352. The maximum atomic E-state index is 16.5. The van der Waals surface area contributed by atoms with Crippen LogP contribution in [0.25, 0.3) is 32.2 Å². The van der Waals surface area contributed by atoms with E-state index in [4.69, 9.17) is 15.5 Å². The number of hydrogen-bond donors (Lipinski definition) is 2. The lowest BCUT2D eigenvalue weighted by Crippen LogP contribution is -2.52. The molecule has 0 spiro atoms. The second-order valence-corrected chi connectivity index (χ2v) is 12.8. The van der Waals surface area contributed by atoms with Crippen LogP contribution < -0.4 is 20.7 Å². The molecule has 41 heavy (non-hydrogen) atoms. The molecule has 12 heteroatoms. The van der Waals surface area contributed by atoms with Gasteiger partial charge in [0.1, 0.15) is 29.9 Å². The molecule has 0 saturated carbocycles. The number of fused-ring (bicyclic) bond motifs is 5. The fraction of sp³-hybridized carbons (Fsp3) is 0.483. The van der Waals surface area contributed by atoms with Gasteiger partial charge in [-0.15, -0.1) is 0 Å². The summed E-state index contributed by atoms with van der Waals surface area (Å²) in [6.45, 7) is 3.18. The van der Waals surface area contributed by atoms with Crippen molar-refractivity contribution in [3.8, 4) is 17.1 Å². The van der Waals surface area contributed by atoms with E-state index in [1.165, 1.54) is 12.1 Å². The molecule has 8 rings (SSSR count). The molecule has 4 saturated heterocycles. The molecular weight excluding hydrogens is 551 g/mol. The van der Waals surface area contributed by atoms with Crippen LogP contribution in [0.3, 0.4) is 0 Å². The number of nitrogen functional groups attached to an aromatic ring is 1. The first kappa shape index (κ1) is 25.5. The van der Waals surface area contributed by atoms with E-state index >= 15 is 4.39 Å². The highest BCUT2D eigenvalue weighted by molar-refractivity contribution is 7.22. The number of nitrogens with one attached hydrogen (secondary N) is 1. The Balaban J connectivity index is 1.26. The Hall–Kier alpha value is -3.22. The van der Waals surface area contributed by atoms with E-state index in [1.54, 1.807) is 6.07 Å². The summed E-state index contributed by atoms with van der Waals surface area (Å²) >= 11 is 1.03. The van der Waals surface area contributed by atoms with E-state index < -0.39 is 17.8 Å². The second kappa shape index (κ2) is 9.40. The Morgan fingerprint density at radius 2 is 1.85 bits per heavy atom. The molecule has 2 aromatic carbocycles. The van der Waals surface area contributed by atoms with Crippen molar-refractivity contribution in [2.75, 3.05) is 43.4 Å². The number of piperazine rings is 1. The van der Waals surface area contributed by atoms with Crippen LogP contribution in [0, 0.1) is 11.6 Å². The van der Waals surface area contributed by atoms with Gasteiger partial charge >= 0.3 is 6.01 Å². The molecule has 2 bridgehead atoms. The topological polar surface area (TPSA) is 92.4 Å². The first-order valence-corrected chi connectivity index (χ1v) is 15.1. The lowest BCUT2D eigenvalue weighted by molar-refractivity contribution is 0.107. The summed E-state index contributed by atoms with van der Waals surface area (Å²) in [6, 6.07) is 6.93. The van der Waals surface area contributed by atoms with Gasteiger partial charge in [-0.2, -0.15) is 9.97 Å². The third-order valence-electron chi connectivity index (χ3n) is 9.42. The van der Waals surface area contributed by atoms with Crippen molar-refractivity contribution in [2.24, 2.45) is 0 Å². The Bertz CT molecular complexity index is 1670. The number of hydrogen-bond acceptors (Lipinski definition) is 9. The van der Waals surface area contributed by atoms with Crippen LogP contribution >= 0.6 is 11.3 Å². The molecule has 4 aliphatic rings. The molecule has 4 fully saturated rings. The number of rotatable bonds is 5. The third kappa shape index (κ3) is 3.98. The lowest BCUT2D eigenvalue weighted by atomic mass is 9.95. The fourth-order valence-electron chi connectivity index (χ4n) is 7.58. The van der Waals surface area contributed by atoms with E-state index in [-0.39, 0.29) is 51.2 Å². The zero-order chi connectivity index (χ0) is 27.9. The highest BCUT2D eigenvalue weighted by Gasteiger charge is 2.49. The van der Waals surface area contributed by atoms with Crippen molar-refractivity contribution in [2.45, 2.75) is 55.9 Å². The number of thiazole rings is 1. The van der Waals surface area contributed by atoms with E-state index in [0.717, 1.165) is 56.7 Å². The van der Waals surface area contributed by atoms with Crippen molar-refractivity contribution < 1.29 is 17.9 Å². The number of alkyl halides is 1. The van der Waals surface area contributed by atoms with Crippen molar-refractivity contribution >= 4 is 43.4 Å². The van der Waals surface area contributed by atoms with Gasteiger partial charge in [0, 0.05) is 54.7 Å². The maximum absolute atomic E-state index is 16.5. The number of ether oxygens (including phenoxy) is 1. The average Bonchev–Trinajstić information content (AvgIpc) is 3.68. The Morgan fingerprint density at radius 1 is 1.05 bits per heavy atom. The summed E-state index contributed by atoms with van der Waals surface area (Å²) in [5, 5.41) is 4.30. The van der Waals surface area contributed by atoms with Gasteiger partial charge in [-0.3, -0.25) is 4.90 Å². The minimum Gasteiger partial charge on any atom is -0.461 e. The van der Waals surface area contributed by atoms with E-state index in [2.05, 4.69) is 25.1 Å². The van der Waals surface area contributed by atoms with E-state index in [9.17, 15) is 8.78 Å². The van der Waals surface area contributed by atoms with Gasteiger partial charge in [-0.1, -0.05) is 17.4 Å². The summed E-state index contributed by atoms with van der Waals surface area (Å²) in [7, 11) is 0. The average molecular weight is 582 g/mol. The highest BCUT2D eigenvalue weighted by Crippen LogP contribution is 2.43. The number of nitrogens with two attached hydrogens (primary N) is 1. The van der Waals surface area contributed by atoms with Crippen LogP contribution in [-0.4, -0.2) is 76.4 Å². The number of anilines is 2. The fourth-order valence-corrected chi connectivity index (χ4v) is 8.34. The Labute approximate surface area is 238 Å². The largest absolute Gasteiger partial charge is 0.461 e. The summed E-state index contributed by atoms with van der Waals surface area (Å²) in [5.41, 5.74) is 6.66. The summed E-state index contributed by atoms with van der Waals surface area (Å²) < 4.78 is 52.0. The Morgan fingerprint density at radius 3 is 2.68 bits per heavy atom. The Kier molecular flexibility index (Phi) is 5.84. The van der Waals surface area contributed by atoms with E-state index in [1.807, 2.05) is 6.07 Å². The maximum Gasteiger partial charge on any atom is 0.319 e. The van der Waals surface area contributed by atoms with Crippen LogP contribution in [0.5, 0.6) is 6.01 Å².